The van der Waals surface area contributed by atoms with E-state index in [1.165, 1.54) is 0 Å². The monoisotopic (exact) mass is 386 g/mol. The normalized spacial score (nSPS) is 15.7. The van der Waals surface area contributed by atoms with Crippen LogP contribution in [0.3, 0.4) is 0 Å². The fourth-order valence-electron chi connectivity index (χ4n) is 3.00. The van der Waals surface area contributed by atoms with Crippen molar-refractivity contribution in [3.05, 3.63) is 64.7 Å². The van der Waals surface area contributed by atoms with E-state index in [9.17, 15) is 9.59 Å². The first-order chi connectivity index (χ1) is 12.8. The number of nitrogens with one attached hydrogen (secondary N) is 1. The summed E-state index contributed by atoms with van der Waals surface area (Å²) in [5.74, 6) is 0.190. The lowest BCUT2D eigenvalue weighted by molar-refractivity contribution is -0.135. The van der Waals surface area contributed by atoms with Crippen LogP contribution in [0, 0.1) is 5.41 Å². The third-order valence-corrected chi connectivity index (χ3v) is 4.98. The van der Waals surface area contributed by atoms with E-state index in [2.05, 4.69) is 5.32 Å². The average Bonchev–Trinajstić information content (AvgIpc) is 2.90. The summed E-state index contributed by atoms with van der Waals surface area (Å²) in [5.41, 5.74) is 2.27. The van der Waals surface area contributed by atoms with Crippen molar-refractivity contribution in [2.75, 3.05) is 11.9 Å². The molecule has 1 aliphatic rings. The lowest BCUT2D eigenvalue weighted by Crippen LogP contribution is -2.30. The molecule has 27 heavy (non-hydrogen) atoms. The Balaban J connectivity index is 1.49. The van der Waals surface area contributed by atoms with Gasteiger partial charge in [0.1, 0.15) is 6.61 Å². The Morgan fingerprint density at radius 2 is 1.74 bits per heavy atom. The maximum absolute atomic E-state index is 12.3. The Morgan fingerprint density at radius 3 is 2.33 bits per heavy atom. The van der Waals surface area contributed by atoms with Gasteiger partial charge < -0.3 is 9.64 Å². The Kier molecular flexibility index (Phi) is 5.71. The Labute approximate surface area is 164 Å². The van der Waals surface area contributed by atoms with Crippen molar-refractivity contribution in [2.24, 2.45) is 5.41 Å². The van der Waals surface area contributed by atoms with E-state index < -0.39 is 6.09 Å². The van der Waals surface area contributed by atoms with Crippen LogP contribution in [0.4, 0.5) is 10.5 Å². The van der Waals surface area contributed by atoms with Gasteiger partial charge in [0.05, 0.1) is 0 Å². The Morgan fingerprint density at radius 1 is 1.11 bits per heavy atom. The quantitative estimate of drug-likeness (QED) is 0.799. The molecule has 3 rings (SSSR count). The van der Waals surface area contributed by atoms with Crippen molar-refractivity contribution >= 4 is 29.3 Å². The number of nitrogens with zero attached hydrogens (tertiary/aromatic N) is 1. The molecule has 1 heterocycles. The number of hydrogen-bond acceptors (Lipinski definition) is 3. The number of likely N-dealkylation sites (tertiary alicyclic amines) is 1. The summed E-state index contributed by atoms with van der Waals surface area (Å²) in [6.07, 6.45) is 0.361. The molecule has 1 fully saturated rings. The molecule has 6 heteroatoms. The van der Waals surface area contributed by atoms with E-state index in [1.807, 2.05) is 55.1 Å². The molecular formula is C21H23ClN2O3. The van der Waals surface area contributed by atoms with Gasteiger partial charge in [0.2, 0.25) is 5.91 Å². The van der Waals surface area contributed by atoms with Crippen molar-refractivity contribution in [3.8, 4) is 0 Å². The molecule has 2 amide bonds. The fraction of sp³-hybridized carbons (Fsp3) is 0.333. The minimum absolute atomic E-state index is 0.175. The fourth-order valence-corrected chi connectivity index (χ4v) is 3.13. The number of anilines is 1. The predicted octanol–water partition coefficient (Wildman–Crippen LogP) is 4.85. The molecule has 0 unspecified atom stereocenters. The topological polar surface area (TPSA) is 58.6 Å². The highest BCUT2D eigenvalue weighted by Gasteiger charge is 2.38. The van der Waals surface area contributed by atoms with E-state index in [-0.39, 0.29) is 17.9 Å². The molecule has 0 bridgehead atoms. The first-order valence-electron chi connectivity index (χ1n) is 8.90. The average molecular weight is 387 g/mol. The first-order valence-corrected chi connectivity index (χ1v) is 9.28. The van der Waals surface area contributed by atoms with Gasteiger partial charge in [0, 0.05) is 29.2 Å². The van der Waals surface area contributed by atoms with Crippen LogP contribution < -0.4 is 5.32 Å². The van der Waals surface area contributed by atoms with Crippen molar-refractivity contribution in [1.29, 1.82) is 0 Å². The number of amides is 2. The highest BCUT2D eigenvalue weighted by Crippen LogP contribution is 2.31. The molecule has 142 valence electrons. The number of benzene rings is 2. The number of rotatable bonds is 5. The summed E-state index contributed by atoms with van der Waals surface area (Å²) < 4.78 is 5.20. The zero-order valence-corrected chi connectivity index (χ0v) is 16.3. The predicted molar refractivity (Wildman–Crippen MR) is 106 cm³/mol. The van der Waals surface area contributed by atoms with Crippen LogP contribution in [0.5, 0.6) is 0 Å². The van der Waals surface area contributed by atoms with E-state index >= 15 is 0 Å². The van der Waals surface area contributed by atoms with Gasteiger partial charge in [-0.3, -0.25) is 10.1 Å². The summed E-state index contributed by atoms with van der Waals surface area (Å²) in [7, 11) is 0. The van der Waals surface area contributed by atoms with Crippen LogP contribution in [0.1, 0.15) is 31.4 Å². The van der Waals surface area contributed by atoms with E-state index in [1.54, 1.807) is 12.1 Å². The summed E-state index contributed by atoms with van der Waals surface area (Å²) >= 11 is 5.83. The molecular weight excluding hydrogens is 364 g/mol. The zero-order chi connectivity index (χ0) is 19.4. The largest absolute Gasteiger partial charge is 0.444 e. The SMILES string of the molecule is CC1(C)CCN(Cc2ccc(NC(=O)OCc3ccc(Cl)cc3)cc2)C1=O. The van der Waals surface area contributed by atoms with Gasteiger partial charge in [0.15, 0.2) is 0 Å². The third kappa shape index (κ3) is 5.01. The van der Waals surface area contributed by atoms with Crippen molar-refractivity contribution < 1.29 is 14.3 Å². The third-order valence-electron chi connectivity index (χ3n) is 4.73. The maximum Gasteiger partial charge on any atom is 0.411 e. The molecule has 0 radical (unpaired) electrons. The Hall–Kier alpha value is -2.53. The van der Waals surface area contributed by atoms with Gasteiger partial charge in [0.25, 0.3) is 0 Å². The maximum atomic E-state index is 12.3. The summed E-state index contributed by atoms with van der Waals surface area (Å²) in [6.45, 7) is 5.51. The second-order valence-electron chi connectivity index (χ2n) is 7.39. The van der Waals surface area contributed by atoms with Gasteiger partial charge in [-0.05, 0) is 41.8 Å². The summed E-state index contributed by atoms with van der Waals surface area (Å²) in [5, 5.41) is 3.34. The number of carbonyl (C=O) groups excluding carboxylic acids is 2. The molecule has 1 aliphatic heterocycles. The van der Waals surface area contributed by atoms with Crippen LogP contribution in [-0.2, 0) is 22.7 Å². The molecule has 1 saturated heterocycles. The second-order valence-corrected chi connectivity index (χ2v) is 7.82. The lowest BCUT2D eigenvalue weighted by atomic mass is 9.92. The zero-order valence-electron chi connectivity index (χ0n) is 15.5. The second kappa shape index (κ2) is 8.01. The highest BCUT2D eigenvalue weighted by atomic mass is 35.5. The van der Waals surface area contributed by atoms with Crippen LogP contribution in [-0.4, -0.2) is 23.4 Å². The first kappa shape index (κ1) is 19.2. The van der Waals surface area contributed by atoms with Crippen molar-refractivity contribution in [2.45, 2.75) is 33.4 Å². The lowest BCUT2D eigenvalue weighted by Gasteiger charge is -2.19. The molecule has 0 saturated carbocycles. The van der Waals surface area contributed by atoms with Crippen LogP contribution in [0.15, 0.2) is 48.5 Å². The molecule has 0 atom stereocenters. The molecule has 0 aromatic heterocycles. The molecule has 1 N–H and O–H groups in total. The van der Waals surface area contributed by atoms with Gasteiger partial charge >= 0.3 is 6.09 Å². The standard InChI is InChI=1S/C21H23ClN2O3/c1-21(2)11-12-24(19(21)25)13-15-5-9-18(10-6-15)23-20(26)27-14-16-3-7-17(22)8-4-16/h3-10H,11-14H2,1-2H3,(H,23,26). The molecule has 2 aromatic carbocycles. The van der Waals surface area contributed by atoms with E-state index in [0.717, 1.165) is 24.1 Å². The Bertz CT molecular complexity index is 816. The summed E-state index contributed by atoms with van der Waals surface area (Å²) in [6, 6.07) is 14.6. The number of halogens is 1. The van der Waals surface area contributed by atoms with Gasteiger partial charge in [-0.2, -0.15) is 0 Å². The number of ether oxygens (including phenoxy) is 1. The molecule has 2 aromatic rings. The van der Waals surface area contributed by atoms with Gasteiger partial charge in [-0.15, -0.1) is 0 Å². The summed E-state index contributed by atoms with van der Waals surface area (Å²) in [4.78, 5) is 26.1. The highest BCUT2D eigenvalue weighted by molar-refractivity contribution is 6.30. The molecule has 0 spiro atoms. The number of hydrogen-bond donors (Lipinski definition) is 1. The van der Waals surface area contributed by atoms with E-state index in [4.69, 9.17) is 16.3 Å². The molecule has 0 aliphatic carbocycles. The van der Waals surface area contributed by atoms with Crippen LogP contribution in [0.2, 0.25) is 5.02 Å². The minimum atomic E-state index is -0.519. The minimum Gasteiger partial charge on any atom is -0.444 e. The van der Waals surface area contributed by atoms with E-state index in [0.29, 0.717) is 17.3 Å². The molecule has 5 nitrogen and oxygen atoms in total. The van der Waals surface area contributed by atoms with Gasteiger partial charge in [-0.25, -0.2) is 4.79 Å². The van der Waals surface area contributed by atoms with Gasteiger partial charge in [-0.1, -0.05) is 49.7 Å². The van der Waals surface area contributed by atoms with Crippen molar-refractivity contribution in [3.63, 3.8) is 0 Å². The van der Waals surface area contributed by atoms with Crippen LogP contribution in [0.25, 0.3) is 0 Å². The number of carbonyl (C=O) groups is 2. The smallest absolute Gasteiger partial charge is 0.411 e. The van der Waals surface area contributed by atoms with Crippen LogP contribution >= 0.6 is 11.6 Å². The van der Waals surface area contributed by atoms with Crippen molar-refractivity contribution in [1.82, 2.24) is 4.90 Å².